The number of rotatable bonds is 3. The molecule has 1 fully saturated rings. The van der Waals surface area contributed by atoms with Crippen molar-refractivity contribution in [2.75, 3.05) is 6.61 Å². The Morgan fingerprint density at radius 3 is 2.53 bits per heavy atom. The third-order valence-corrected chi connectivity index (χ3v) is 4.31. The molecule has 0 amide bonds. The monoisotopic (exact) mass is 259 g/mol. The zero-order valence-electron chi connectivity index (χ0n) is 9.39. The maximum absolute atomic E-state index is 12.7. The van der Waals surface area contributed by atoms with Crippen molar-refractivity contribution < 1.29 is 17.5 Å². The molecule has 1 saturated heterocycles. The first-order valence-electron chi connectivity index (χ1n) is 5.38. The Morgan fingerprint density at radius 1 is 1.35 bits per heavy atom. The second-order valence-electron chi connectivity index (χ2n) is 4.05. The molecule has 1 aliphatic heterocycles. The topological polar surface area (TPSA) is 55.4 Å². The van der Waals surface area contributed by atoms with Gasteiger partial charge in [-0.3, -0.25) is 0 Å². The average molecular weight is 259 g/mol. The number of hydrogen-bond donors (Lipinski definition) is 1. The van der Waals surface area contributed by atoms with Crippen molar-refractivity contribution in [3.63, 3.8) is 0 Å². The van der Waals surface area contributed by atoms with Gasteiger partial charge in [-0.05, 0) is 37.6 Å². The minimum Gasteiger partial charge on any atom is -0.377 e. The van der Waals surface area contributed by atoms with E-state index in [2.05, 4.69) is 4.72 Å². The Hall–Kier alpha value is -0.980. The molecule has 1 N–H and O–H groups in total. The van der Waals surface area contributed by atoms with Gasteiger partial charge in [-0.25, -0.2) is 17.5 Å². The van der Waals surface area contributed by atoms with Crippen molar-refractivity contribution in [3.8, 4) is 0 Å². The predicted molar refractivity (Wildman–Crippen MR) is 60.5 cm³/mol. The fraction of sp³-hybridized carbons (Fsp3) is 0.455. The van der Waals surface area contributed by atoms with Gasteiger partial charge in [0.2, 0.25) is 10.0 Å². The number of nitrogens with one attached hydrogen (secondary N) is 1. The lowest BCUT2D eigenvalue weighted by molar-refractivity contribution is 0.117. The first-order valence-corrected chi connectivity index (χ1v) is 6.87. The van der Waals surface area contributed by atoms with Crippen LogP contribution < -0.4 is 4.72 Å². The maximum Gasteiger partial charge on any atom is 0.240 e. The van der Waals surface area contributed by atoms with Crippen molar-refractivity contribution in [2.24, 2.45) is 0 Å². The minimum absolute atomic E-state index is 0.0676. The van der Waals surface area contributed by atoms with Crippen molar-refractivity contribution in [3.05, 3.63) is 30.1 Å². The summed E-state index contributed by atoms with van der Waals surface area (Å²) in [6.45, 7) is 2.38. The fourth-order valence-corrected chi connectivity index (χ4v) is 3.11. The summed E-state index contributed by atoms with van der Waals surface area (Å²) in [6, 6.07) is 4.54. The normalized spacial score (nSPS) is 25.1. The summed E-state index contributed by atoms with van der Waals surface area (Å²) in [7, 11) is -3.59. The lowest BCUT2D eigenvalue weighted by atomic mass is 10.2. The van der Waals surface area contributed by atoms with E-state index in [9.17, 15) is 12.8 Å². The van der Waals surface area contributed by atoms with Crippen molar-refractivity contribution >= 4 is 10.0 Å². The Balaban J connectivity index is 2.16. The van der Waals surface area contributed by atoms with Crippen LogP contribution >= 0.6 is 0 Å². The summed E-state index contributed by atoms with van der Waals surface area (Å²) < 4.78 is 44.5. The standard InChI is InChI=1S/C11H14FNO3S/c1-8-11(6-7-16-8)13-17(14,15)10-4-2-9(12)3-5-10/h2-5,8,11,13H,6-7H2,1H3. The third kappa shape index (κ3) is 2.83. The van der Waals surface area contributed by atoms with Gasteiger partial charge in [-0.15, -0.1) is 0 Å². The van der Waals surface area contributed by atoms with Gasteiger partial charge >= 0.3 is 0 Å². The molecule has 2 atom stereocenters. The van der Waals surface area contributed by atoms with Gasteiger partial charge in [0.05, 0.1) is 17.0 Å². The van der Waals surface area contributed by atoms with E-state index in [1.165, 1.54) is 12.1 Å². The van der Waals surface area contributed by atoms with Gasteiger partial charge in [0.25, 0.3) is 0 Å². The van der Waals surface area contributed by atoms with Gasteiger partial charge in [0, 0.05) is 6.61 Å². The van der Waals surface area contributed by atoms with Crippen LogP contribution in [0.1, 0.15) is 13.3 Å². The number of ether oxygens (including phenoxy) is 1. The molecular weight excluding hydrogens is 245 g/mol. The SMILES string of the molecule is CC1OCCC1NS(=O)(=O)c1ccc(F)cc1. The molecule has 1 aliphatic rings. The van der Waals surface area contributed by atoms with E-state index in [1.807, 2.05) is 6.92 Å². The van der Waals surface area contributed by atoms with E-state index in [0.29, 0.717) is 13.0 Å². The molecule has 0 aliphatic carbocycles. The zero-order chi connectivity index (χ0) is 12.5. The van der Waals surface area contributed by atoms with Gasteiger partial charge in [-0.1, -0.05) is 0 Å². The Bertz CT molecular complexity index is 486. The van der Waals surface area contributed by atoms with Gasteiger partial charge in [0.15, 0.2) is 0 Å². The van der Waals surface area contributed by atoms with Crippen LogP contribution in [0, 0.1) is 5.82 Å². The van der Waals surface area contributed by atoms with Gasteiger partial charge < -0.3 is 4.74 Å². The van der Waals surface area contributed by atoms with Crippen LogP contribution in [0.25, 0.3) is 0 Å². The second kappa shape index (κ2) is 4.72. The third-order valence-electron chi connectivity index (χ3n) is 2.81. The Morgan fingerprint density at radius 2 is 2.00 bits per heavy atom. The molecular formula is C11H14FNO3S. The highest BCUT2D eigenvalue weighted by molar-refractivity contribution is 7.89. The second-order valence-corrected chi connectivity index (χ2v) is 5.76. The highest BCUT2D eigenvalue weighted by atomic mass is 32.2. The quantitative estimate of drug-likeness (QED) is 0.889. The van der Waals surface area contributed by atoms with E-state index >= 15 is 0 Å². The van der Waals surface area contributed by atoms with Crippen LogP contribution in [-0.2, 0) is 14.8 Å². The van der Waals surface area contributed by atoms with E-state index in [0.717, 1.165) is 12.1 Å². The summed E-state index contributed by atoms with van der Waals surface area (Å²) in [5.74, 6) is -0.457. The lowest BCUT2D eigenvalue weighted by Crippen LogP contribution is -2.39. The van der Waals surface area contributed by atoms with Crippen LogP contribution in [0.2, 0.25) is 0 Å². The first-order chi connectivity index (χ1) is 7.99. The van der Waals surface area contributed by atoms with E-state index < -0.39 is 15.8 Å². The largest absolute Gasteiger partial charge is 0.377 e. The summed E-state index contributed by atoms with van der Waals surface area (Å²) in [5, 5.41) is 0. The van der Waals surface area contributed by atoms with Crippen LogP contribution in [0.5, 0.6) is 0 Å². The summed E-state index contributed by atoms with van der Waals surface area (Å²) in [4.78, 5) is 0.0676. The molecule has 1 aromatic carbocycles. The van der Waals surface area contributed by atoms with E-state index in [4.69, 9.17) is 4.74 Å². The van der Waals surface area contributed by atoms with Crippen LogP contribution in [0.15, 0.2) is 29.2 Å². The Labute approximate surface area is 99.8 Å². The smallest absolute Gasteiger partial charge is 0.240 e. The molecule has 17 heavy (non-hydrogen) atoms. The number of halogens is 1. The highest BCUT2D eigenvalue weighted by Gasteiger charge is 2.29. The van der Waals surface area contributed by atoms with Crippen LogP contribution in [0.3, 0.4) is 0 Å². The number of hydrogen-bond acceptors (Lipinski definition) is 3. The van der Waals surface area contributed by atoms with Crippen LogP contribution in [0.4, 0.5) is 4.39 Å². The highest BCUT2D eigenvalue weighted by Crippen LogP contribution is 2.17. The summed E-state index contributed by atoms with van der Waals surface area (Å²) in [5.41, 5.74) is 0. The number of benzene rings is 1. The Kier molecular flexibility index (Phi) is 3.46. The zero-order valence-corrected chi connectivity index (χ0v) is 10.2. The maximum atomic E-state index is 12.7. The molecule has 6 heteroatoms. The molecule has 1 aromatic rings. The van der Waals surface area contributed by atoms with Crippen LogP contribution in [-0.4, -0.2) is 27.2 Å². The lowest BCUT2D eigenvalue weighted by Gasteiger charge is -2.16. The van der Waals surface area contributed by atoms with Crippen molar-refractivity contribution in [1.82, 2.24) is 4.72 Å². The molecule has 4 nitrogen and oxygen atoms in total. The van der Waals surface area contributed by atoms with Crippen molar-refractivity contribution in [2.45, 2.75) is 30.4 Å². The predicted octanol–water partition coefficient (Wildman–Crippen LogP) is 1.28. The molecule has 1 heterocycles. The molecule has 94 valence electrons. The fourth-order valence-electron chi connectivity index (χ4n) is 1.77. The molecule has 0 aromatic heterocycles. The van der Waals surface area contributed by atoms with Crippen molar-refractivity contribution in [1.29, 1.82) is 0 Å². The molecule has 2 unspecified atom stereocenters. The van der Waals surface area contributed by atoms with E-state index in [1.54, 1.807) is 0 Å². The minimum atomic E-state index is -3.59. The summed E-state index contributed by atoms with van der Waals surface area (Å²) in [6.07, 6.45) is 0.520. The molecule has 0 radical (unpaired) electrons. The molecule has 2 rings (SSSR count). The summed E-state index contributed by atoms with van der Waals surface area (Å²) >= 11 is 0. The molecule has 0 spiro atoms. The van der Waals surface area contributed by atoms with Gasteiger partial charge in [0.1, 0.15) is 5.82 Å². The number of sulfonamides is 1. The molecule has 0 saturated carbocycles. The van der Waals surface area contributed by atoms with Gasteiger partial charge in [-0.2, -0.15) is 0 Å². The first kappa shape index (κ1) is 12.5. The molecule has 0 bridgehead atoms. The average Bonchev–Trinajstić information content (AvgIpc) is 2.64. The van der Waals surface area contributed by atoms with E-state index in [-0.39, 0.29) is 17.0 Å².